The Kier molecular flexibility index (Phi) is 5.15. The molecule has 0 saturated carbocycles. The fourth-order valence-electron chi connectivity index (χ4n) is 1.36. The van der Waals surface area contributed by atoms with Crippen molar-refractivity contribution in [1.29, 1.82) is 0 Å². The highest BCUT2D eigenvalue weighted by atomic mass is 79.9. The van der Waals surface area contributed by atoms with Crippen LogP contribution in [-0.4, -0.2) is 13.1 Å². The van der Waals surface area contributed by atoms with Crippen molar-refractivity contribution in [3.63, 3.8) is 0 Å². The molecule has 1 aromatic carbocycles. The van der Waals surface area contributed by atoms with Crippen LogP contribution in [0.2, 0.25) is 0 Å². The third kappa shape index (κ3) is 3.40. The predicted molar refractivity (Wildman–Crippen MR) is 64.2 cm³/mol. The second kappa shape index (κ2) is 6.17. The number of rotatable bonds is 5. The van der Waals surface area contributed by atoms with E-state index in [1.165, 1.54) is 5.56 Å². The first-order chi connectivity index (χ1) is 6.75. The van der Waals surface area contributed by atoms with Gasteiger partial charge in [-0.3, -0.25) is 0 Å². The average molecular weight is 257 g/mol. The van der Waals surface area contributed by atoms with Crippen LogP contribution in [0.5, 0.6) is 0 Å². The van der Waals surface area contributed by atoms with Crippen LogP contribution < -0.4 is 11.1 Å². The normalized spacial score (nSPS) is 12.8. The van der Waals surface area contributed by atoms with Gasteiger partial charge in [-0.05, 0) is 38.1 Å². The maximum atomic E-state index is 5.43. The van der Waals surface area contributed by atoms with E-state index in [4.69, 9.17) is 5.73 Å². The van der Waals surface area contributed by atoms with Crippen molar-refractivity contribution in [2.75, 3.05) is 13.1 Å². The molecule has 2 nitrogen and oxygen atoms in total. The number of hydrogen-bond donors (Lipinski definition) is 2. The minimum absolute atomic E-state index is 0.372. The fourth-order valence-corrected chi connectivity index (χ4v) is 1.99. The standard InChI is InChI=1S/C11H17BrN2/c1-9(14-8-4-7-13)10-5-2-3-6-11(10)12/h2-3,5-6,9,14H,4,7-8,13H2,1H3/t9-/m0/s1. The first kappa shape index (κ1) is 11.7. The van der Waals surface area contributed by atoms with Crippen LogP contribution in [0.15, 0.2) is 28.7 Å². The van der Waals surface area contributed by atoms with Crippen molar-refractivity contribution in [1.82, 2.24) is 5.32 Å². The van der Waals surface area contributed by atoms with Gasteiger partial charge in [-0.25, -0.2) is 0 Å². The first-order valence-corrected chi connectivity index (χ1v) is 5.73. The Labute approximate surface area is 94.0 Å². The highest BCUT2D eigenvalue weighted by Gasteiger charge is 2.06. The van der Waals surface area contributed by atoms with Crippen LogP contribution in [-0.2, 0) is 0 Å². The molecule has 0 bridgehead atoms. The van der Waals surface area contributed by atoms with Gasteiger partial charge in [0.25, 0.3) is 0 Å². The van der Waals surface area contributed by atoms with Gasteiger partial charge in [0, 0.05) is 10.5 Å². The van der Waals surface area contributed by atoms with E-state index in [1.807, 2.05) is 6.07 Å². The van der Waals surface area contributed by atoms with Crippen molar-refractivity contribution in [2.45, 2.75) is 19.4 Å². The summed E-state index contributed by atoms with van der Waals surface area (Å²) in [7, 11) is 0. The van der Waals surface area contributed by atoms with Crippen LogP contribution >= 0.6 is 15.9 Å². The van der Waals surface area contributed by atoms with E-state index < -0.39 is 0 Å². The van der Waals surface area contributed by atoms with Crippen LogP contribution in [0, 0.1) is 0 Å². The molecule has 0 saturated heterocycles. The summed E-state index contributed by atoms with van der Waals surface area (Å²) in [6.07, 6.45) is 1.02. The number of hydrogen-bond acceptors (Lipinski definition) is 2. The molecule has 0 radical (unpaired) electrons. The summed E-state index contributed by atoms with van der Waals surface area (Å²) in [4.78, 5) is 0. The topological polar surface area (TPSA) is 38.0 Å². The molecule has 0 heterocycles. The molecule has 1 rings (SSSR count). The zero-order valence-electron chi connectivity index (χ0n) is 8.46. The molecule has 3 N–H and O–H groups in total. The van der Waals surface area contributed by atoms with Gasteiger partial charge in [0.1, 0.15) is 0 Å². The minimum atomic E-state index is 0.372. The third-order valence-electron chi connectivity index (χ3n) is 2.20. The quantitative estimate of drug-likeness (QED) is 0.795. The highest BCUT2D eigenvalue weighted by Crippen LogP contribution is 2.22. The van der Waals surface area contributed by atoms with Gasteiger partial charge in [0.2, 0.25) is 0 Å². The van der Waals surface area contributed by atoms with Crippen molar-refractivity contribution in [2.24, 2.45) is 5.73 Å². The zero-order chi connectivity index (χ0) is 10.4. The molecule has 1 atom stereocenters. The van der Waals surface area contributed by atoms with Gasteiger partial charge < -0.3 is 11.1 Å². The second-order valence-corrected chi connectivity index (χ2v) is 4.19. The summed E-state index contributed by atoms with van der Waals surface area (Å²) in [6, 6.07) is 8.65. The molecule has 0 aromatic heterocycles. The molecular weight excluding hydrogens is 240 g/mol. The number of benzene rings is 1. The van der Waals surface area contributed by atoms with E-state index in [2.05, 4.69) is 46.4 Å². The molecule has 78 valence electrons. The van der Waals surface area contributed by atoms with Crippen molar-refractivity contribution in [3.8, 4) is 0 Å². The fraction of sp³-hybridized carbons (Fsp3) is 0.455. The van der Waals surface area contributed by atoms with E-state index >= 15 is 0 Å². The van der Waals surface area contributed by atoms with Gasteiger partial charge in [-0.15, -0.1) is 0 Å². The molecule has 0 spiro atoms. The van der Waals surface area contributed by atoms with Crippen molar-refractivity contribution in [3.05, 3.63) is 34.3 Å². The molecule has 0 fully saturated rings. The van der Waals surface area contributed by atoms with Gasteiger partial charge in [0.05, 0.1) is 0 Å². The van der Waals surface area contributed by atoms with Crippen LogP contribution in [0.25, 0.3) is 0 Å². The van der Waals surface area contributed by atoms with Gasteiger partial charge in [-0.2, -0.15) is 0 Å². The molecule has 0 unspecified atom stereocenters. The molecule has 0 amide bonds. The SMILES string of the molecule is C[C@H](NCCCN)c1ccccc1Br. The van der Waals surface area contributed by atoms with E-state index in [0.29, 0.717) is 6.04 Å². The zero-order valence-corrected chi connectivity index (χ0v) is 10.0. The number of nitrogens with one attached hydrogen (secondary N) is 1. The molecular formula is C11H17BrN2. The molecule has 0 aliphatic heterocycles. The van der Waals surface area contributed by atoms with E-state index in [0.717, 1.165) is 24.0 Å². The summed E-state index contributed by atoms with van der Waals surface area (Å²) < 4.78 is 1.16. The van der Waals surface area contributed by atoms with Gasteiger partial charge >= 0.3 is 0 Å². The van der Waals surface area contributed by atoms with Crippen LogP contribution in [0.1, 0.15) is 24.9 Å². The Morgan fingerprint density at radius 3 is 2.79 bits per heavy atom. The third-order valence-corrected chi connectivity index (χ3v) is 2.93. The maximum absolute atomic E-state index is 5.43. The lowest BCUT2D eigenvalue weighted by atomic mass is 10.1. The van der Waals surface area contributed by atoms with Gasteiger partial charge in [-0.1, -0.05) is 34.1 Å². The Morgan fingerprint density at radius 1 is 1.43 bits per heavy atom. The maximum Gasteiger partial charge on any atom is 0.0302 e. The summed E-state index contributed by atoms with van der Waals surface area (Å²) in [6.45, 7) is 3.88. The lowest BCUT2D eigenvalue weighted by Crippen LogP contribution is -2.22. The lowest BCUT2D eigenvalue weighted by Gasteiger charge is -2.15. The van der Waals surface area contributed by atoms with Gasteiger partial charge in [0.15, 0.2) is 0 Å². The summed E-state index contributed by atoms with van der Waals surface area (Å²) in [5.74, 6) is 0. The molecule has 3 heteroatoms. The smallest absolute Gasteiger partial charge is 0.0302 e. The molecule has 14 heavy (non-hydrogen) atoms. The van der Waals surface area contributed by atoms with E-state index in [-0.39, 0.29) is 0 Å². The lowest BCUT2D eigenvalue weighted by molar-refractivity contribution is 0.560. The van der Waals surface area contributed by atoms with E-state index in [9.17, 15) is 0 Å². The number of halogens is 1. The Morgan fingerprint density at radius 2 is 2.14 bits per heavy atom. The largest absolute Gasteiger partial charge is 0.330 e. The molecule has 1 aromatic rings. The van der Waals surface area contributed by atoms with Crippen LogP contribution in [0.3, 0.4) is 0 Å². The molecule has 0 aliphatic carbocycles. The Balaban J connectivity index is 2.51. The predicted octanol–water partition coefficient (Wildman–Crippen LogP) is 2.45. The highest BCUT2D eigenvalue weighted by molar-refractivity contribution is 9.10. The Bertz CT molecular complexity index is 276. The minimum Gasteiger partial charge on any atom is -0.330 e. The Hall–Kier alpha value is -0.380. The molecule has 0 aliphatic rings. The average Bonchev–Trinajstić information content (AvgIpc) is 2.18. The summed E-state index contributed by atoms with van der Waals surface area (Å²) in [5, 5.41) is 3.43. The number of nitrogens with two attached hydrogens (primary N) is 1. The van der Waals surface area contributed by atoms with Crippen molar-refractivity contribution >= 4 is 15.9 Å². The van der Waals surface area contributed by atoms with Crippen LogP contribution in [0.4, 0.5) is 0 Å². The second-order valence-electron chi connectivity index (χ2n) is 3.34. The van der Waals surface area contributed by atoms with Crippen molar-refractivity contribution < 1.29 is 0 Å². The summed E-state index contributed by atoms with van der Waals surface area (Å²) in [5.41, 5.74) is 6.73. The summed E-state index contributed by atoms with van der Waals surface area (Å²) >= 11 is 3.54. The van der Waals surface area contributed by atoms with E-state index in [1.54, 1.807) is 0 Å². The monoisotopic (exact) mass is 256 g/mol. The first-order valence-electron chi connectivity index (χ1n) is 4.93.